The third-order valence-corrected chi connectivity index (χ3v) is 7.74. The number of halogens is 1. The number of ether oxygens (including phenoxy) is 1. The molecule has 4 heteroatoms. The van der Waals surface area contributed by atoms with Crippen LogP contribution in [-0.2, 0) is 4.74 Å². The Morgan fingerprint density at radius 1 is 0.970 bits per heavy atom. The van der Waals surface area contributed by atoms with E-state index in [9.17, 15) is 4.79 Å². The van der Waals surface area contributed by atoms with E-state index >= 15 is 0 Å². The monoisotopic (exact) mass is 455 g/mol. The second-order valence-corrected chi connectivity index (χ2v) is 9.80. The zero-order valence-corrected chi connectivity index (χ0v) is 19.4. The summed E-state index contributed by atoms with van der Waals surface area (Å²) in [5.41, 5.74) is 8.51. The molecular weight excluding hydrogens is 430 g/mol. The topological polar surface area (TPSA) is 29.5 Å². The Bertz CT molecular complexity index is 1230. The molecule has 1 saturated heterocycles. The summed E-state index contributed by atoms with van der Waals surface area (Å²) >= 11 is 6.50. The normalized spacial score (nSPS) is 20.9. The van der Waals surface area contributed by atoms with Gasteiger partial charge >= 0.3 is 6.09 Å². The van der Waals surface area contributed by atoms with Crippen LogP contribution < -0.4 is 0 Å². The summed E-state index contributed by atoms with van der Waals surface area (Å²) in [6.07, 6.45) is 4.82. The van der Waals surface area contributed by atoms with E-state index in [1.54, 1.807) is 0 Å². The molecule has 0 N–H and O–H groups in total. The van der Waals surface area contributed by atoms with Gasteiger partial charge in [0.2, 0.25) is 0 Å². The van der Waals surface area contributed by atoms with Gasteiger partial charge in [-0.15, -0.1) is 0 Å². The highest BCUT2D eigenvalue weighted by Crippen LogP contribution is 2.45. The fourth-order valence-corrected chi connectivity index (χ4v) is 6.11. The van der Waals surface area contributed by atoms with Crippen LogP contribution in [0.25, 0.3) is 16.7 Å². The molecular formula is C29H26ClNO2. The minimum Gasteiger partial charge on any atom is -0.448 e. The molecule has 2 heterocycles. The van der Waals surface area contributed by atoms with Gasteiger partial charge in [0.1, 0.15) is 6.61 Å². The maximum atomic E-state index is 13.3. The first kappa shape index (κ1) is 20.6. The minimum atomic E-state index is -0.199. The first-order valence-electron chi connectivity index (χ1n) is 11.7. The Hall–Kier alpha value is -3.04. The van der Waals surface area contributed by atoms with Crippen molar-refractivity contribution < 1.29 is 9.53 Å². The van der Waals surface area contributed by atoms with Crippen LogP contribution in [0, 0.1) is 6.92 Å². The number of nitrogens with zero attached hydrogens (tertiary/aromatic N) is 1. The van der Waals surface area contributed by atoms with Gasteiger partial charge in [0.05, 0.1) is 6.04 Å². The third-order valence-electron chi connectivity index (χ3n) is 7.41. The Labute approximate surface area is 199 Å². The second kappa shape index (κ2) is 8.07. The number of rotatable bonds is 3. The van der Waals surface area contributed by atoms with E-state index in [-0.39, 0.29) is 24.1 Å². The van der Waals surface area contributed by atoms with Gasteiger partial charge in [0.25, 0.3) is 0 Å². The van der Waals surface area contributed by atoms with Crippen molar-refractivity contribution in [2.45, 2.75) is 44.2 Å². The molecule has 166 valence electrons. The Kier molecular flexibility index (Phi) is 5.03. The van der Waals surface area contributed by atoms with E-state index in [2.05, 4.69) is 67.6 Å². The first-order valence-corrected chi connectivity index (χ1v) is 12.1. The maximum absolute atomic E-state index is 13.3. The molecule has 1 aliphatic carbocycles. The lowest BCUT2D eigenvalue weighted by Gasteiger charge is -2.34. The first-order chi connectivity index (χ1) is 16.1. The van der Waals surface area contributed by atoms with Gasteiger partial charge < -0.3 is 4.74 Å². The number of fused-ring (bicyclic) bond motifs is 5. The summed E-state index contributed by atoms with van der Waals surface area (Å²) in [5, 5.41) is 0.779. The SMILES string of the molecule is Cc1ccc(Cl)c(C2=CC3CCC(C2)N3C(=O)OCC2c3ccccc3-c3ccccc32)c1. The van der Waals surface area contributed by atoms with Gasteiger partial charge in [-0.05, 0) is 65.6 Å². The highest BCUT2D eigenvalue weighted by Gasteiger charge is 2.41. The Morgan fingerprint density at radius 2 is 1.67 bits per heavy atom. The van der Waals surface area contributed by atoms with Crippen LogP contribution in [0.15, 0.2) is 72.8 Å². The molecule has 2 unspecified atom stereocenters. The zero-order valence-electron chi connectivity index (χ0n) is 18.6. The van der Waals surface area contributed by atoms with Gasteiger partial charge in [-0.3, -0.25) is 4.90 Å². The van der Waals surface area contributed by atoms with Crippen LogP contribution in [-0.4, -0.2) is 29.7 Å². The lowest BCUT2D eigenvalue weighted by Crippen LogP contribution is -2.43. The highest BCUT2D eigenvalue weighted by molar-refractivity contribution is 6.32. The van der Waals surface area contributed by atoms with Crippen molar-refractivity contribution in [3.63, 3.8) is 0 Å². The molecule has 2 aliphatic heterocycles. The molecule has 2 bridgehead atoms. The van der Waals surface area contributed by atoms with E-state index in [1.807, 2.05) is 17.0 Å². The van der Waals surface area contributed by atoms with Gasteiger partial charge in [-0.1, -0.05) is 83.9 Å². The van der Waals surface area contributed by atoms with Gasteiger partial charge in [-0.25, -0.2) is 4.79 Å². The molecule has 33 heavy (non-hydrogen) atoms. The molecule has 3 nitrogen and oxygen atoms in total. The van der Waals surface area contributed by atoms with Crippen molar-refractivity contribution in [2.24, 2.45) is 0 Å². The summed E-state index contributed by atoms with van der Waals surface area (Å²) in [4.78, 5) is 15.2. The number of benzene rings is 3. The Balaban J connectivity index is 1.21. The molecule has 1 amide bonds. The summed E-state index contributed by atoms with van der Waals surface area (Å²) in [5.74, 6) is 0.0843. The van der Waals surface area contributed by atoms with Crippen LogP contribution in [0.5, 0.6) is 0 Å². The van der Waals surface area contributed by atoms with Crippen LogP contribution >= 0.6 is 11.6 Å². The van der Waals surface area contributed by atoms with Crippen LogP contribution in [0.4, 0.5) is 4.79 Å². The fourth-order valence-electron chi connectivity index (χ4n) is 5.87. The standard InChI is InChI=1S/C29H26ClNO2/c1-18-10-13-28(30)26(14-18)19-15-20-11-12-21(16-19)31(20)29(32)33-17-27-24-8-4-2-6-22(24)23-7-3-5-9-25(23)27/h2-10,13-15,20-21,27H,11-12,16-17H2,1H3. The lowest BCUT2D eigenvalue weighted by atomic mass is 9.94. The molecule has 0 spiro atoms. The highest BCUT2D eigenvalue weighted by atomic mass is 35.5. The van der Waals surface area contributed by atoms with E-state index in [1.165, 1.54) is 33.4 Å². The number of hydrogen-bond donors (Lipinski definition) is 0. The molecule has 0 aromatic heterocycles. The molecule has 1 fully saturated rings. The summed E-state index contributed by atoms with van der Waals surface area (Å²) in [6.45, 7) is 2.45. The van der Waals surface area contributed by atoms with Crippen LogP contribution in [0.3, 0.4) is 0 Å². The Morgan fingerprint density at radius 3 is 2.36 bits per heavy atom. The molecule has 3 aliphatic rings. The second-order valence-electron chi connectivity index (χ2n) is 9.39. The fraction of sp³-hybridized carbons (Fsp3) is 0.276. The van der Waals surface area contributed by atoms with E-state index < -0.39 is 0 Å². The predicted molar refractivity (Wildman–Crippen MR) is 133 cm³/mol. The molecule has 3 aromatic carbocycles. The van der Waals surface area contributed by atoms with Crippen LogP contribution in [0.1, 0.15) is 47.4 Å². The van der Waals surface area contributed by atoms with Crippen LogP contribution in [0.2, 0.25) is 5.02 Å². The van der Waals surface area contributed by atoms with Gasteiger partial charge in [0, 0.05) is 17.0 Å². The average molecular weight is 456 g/mol. The van der Waals surface area contributed by atoms with Gasteiger partial charge in [-0.2, -0.15) is 0 Å². The number of amides is 1. The lowest BCUT2D eigenvalue weighted by molar-refractivity contribution is 0.0866. The molecule has 6 rings (SSSR count). The molecule has 3 aromatic rings. The molecule has 0 radical (unpaired) electrons. The number of hydrogen-bond acceptors (Lipinski definition) is 2. The van der Waals surface area contributed by atoms with Gasteiger partial charge in [0.15, 0.2) is 0 Å². The van der Waals surface area contributed by atoms with E-state index in [0.29, 0.717) is 6.61 Å². The summed E-state index contributed by atoms with van der Waals surface area (Å²) in [6, 6.07) is 23.3. The van der Waals surface area contributed by atoms with Crippen molar-refractivity contribution in [3.05, 3.63) is 100 Å². The minimum absolute atomic E-state index is 0.0750. The van der Waals surface area contributed by atoms with Crippen molar-refractivity contribution in [2.75, 3.05) is 6.61 Å². The predicted octanol–water partition coefficient (Wildman–Crippen LogP) is 7.22. The largest absolute Gasteiger partial charge is 0.448 e. The van der Waals surface area contributed by atoms with Crippen molar-refractivity contribution in [1.29, 1.82) is 0 Å². The number of carbonyl (C=O) groups excluding carboxylic acids is 1. The average Bonchev–Trinajstić information content (AvgIpc) is 3.30. The smallest absolute Gasteiger partial charge is 0.410 e. The van der Waals surface area contributed by atoms with Crippen molar-refractivity contribution in [1.82, 2.24) is 4.90 Å². The summed E-state index contributed by atoms with van der Waals surface area (Å²) in [7, 11) is 0. The maximum Gasteiger partial charge on any atom is 0.410 e. The van der Waals surface area contributed by atoms with E-state index in [0.717, 1.165) is 29.8 Å². The van der Waals surface area contributed by atoms with Crippen molar-refractivity contribution in [3.8, 4) is 11.1 Å². The van der Waals surface area contributed by atoms with Crippen molar-refractivity contribution >= 4 is 23.3 Å². The number of carbonyl (C=O) groups is 1. The quantitative estimate of drug-likeness (QED) is 0.417. The third kappa shape index (κ3) is 3.46. The molecule has 0 saturated carbocycles. The molecule has 2 atom stereocenters. The number of aryl methyl sites for hydroxylation is 1. The van der Waals surface area contributed by atoms with E-state index in [4.69, 9.17) is 16.3 Å². The summed E-state index contributed by atoms with van der Waals surface area (Å²) < 4.78 is 5.98. The zero-order chi connectivity index (χ0) is 22.5.